The Morgan fingerprint density at radius 1 is 1.21 bits per heavy atom. The molecule has 0 saturated carbocycles. The van der Waals surface area contributed by atoms with Gasteiger partial charge in [0.25, 0.3) is 0 Å². The van der Waals surface area contributed by atoms with Crippen LogP contribution in [0.25, 0.3) is 0 Å². The SMILES string of the molecule is CN(C)CCOCCN1C=NC(/C=C2\Oc3ccccc3N2C)=C2C1=NCN2C. The Hall–Kier alpha value is -2.84. The maximum Gasteiger partial charge on any atom is 0.202 e. The van der Waals surface area contributed by atoms with Crippen LogP contribution in [0.2, 0.25) is 0 Å². The summed E-state index contributed by atoms with van der Waals surface area (Å²) in [4.78, 5) is 17.7. The van der Waals surface area contributed by atoms with Gasteiger partial charge in [-0.1, -0.05) is 12.1 Å². The third kappa shape index (κ3) is 3.99. The molecule has 3 aliphatic heterocycles. The summed E-state index contributed by atoms with van der Waals surface area (Å²) >= 11 is 0. The molecule has 0 saturated heterocycles. The van der Waals surface area contributed by atoms with Crippen molar-refractivity contribution in [2.45, 2.75) is 0 Å². The Labute approximate surface area is 172 Å². The molecule has 1 aromatic rings. The van der Waals surface area contributed by atoms with Crippen molar-refractivity contribution in [3.05, 3.63) is 47.6 Å². The van der Waals surface area contributed by atoms with Gasteiger partial charge in [-0.15, -0.1) is 0 Å². The molecular formula is C21H28N6O2. The Kier molecular flexibility index (Phi) is 5.55. The van der Waals surface area contributed by atoms with Crippen molar-refractivity contribution in [3.63, 3.8) is 0 Å². The van der Waals surface area contributed by atoms with Crippen LogP contribution >= 0.6 is 0 Å². The number of ether oxygens (including phenoxy) is 2. The molecule has 154 valence electrons. The first-order valence-corrected chi connectivity index (χ1v) is 9.80. The number of hydrogen-bond acceptors (Lipinski definition) is 8. The second kappa shape index (κ2) is 8.26. The van der Waals surface area contributed by atoms with Crippen LogP contribution in [0, 0.1) is 0 Å². The summed E-state index contributed by atoms with van der Waals surface area (Å²) in [5.41, 5.74) is 2.92. The summed E-state index contributed by atoms with van der Waals surface area (Å²) in [6.45, 7) is 3.60. The molecule has 0 aliphatic carbocycles. The minimum Gasteiger partial charge on any atom is -0.439 e. The highest BCUT2D eigenvalue weighted by molar-refractivity contribution is 6.07. The van der Waals surface area contributed by atoms with Crippen LogP contribution in [0.4, 0.5) is 5.69 Å². The van der Waals surface area contributed by atoms with Crippen LogP contribution in [-0.4, -0.2) is 88.0 Å². The van der Waals surface area contributed by atoms with Gasteiger partial charge in [0.1, 0.15) is 12.4 Å². The van der Waals surface area contributed by atoms with E-state index >= 15 is 0 Å². The topological polar surface area (TPSA) is 56.1 Å². The molecule has 8 heteroatoms. The molecular weight excluding hydrogens is 368 g/mol. The predicted octanol–water partition coefficient (Wildman–Crippen LogP) is 1.79. The molecule has 1 aromatic carbocycles. The van der Waals surface area contributed by atoms with Crippen molar-refractivity contribution < 1.29 is 9.47 Å². The molecule has 0 amide bonds. The summed E-state index contributed by atoms with van der Waals surface area (Å²) in [7, 11) is 8.12. The number of hydrogen-bond donors (Lipinski definition) is 0. The average molecular weight is 396 g/mol. The van der Waals surface area contributed by atoms with E-state index in [1.165, 1.54) is 0 Å². The first kappa shape index (κ1) is 19.5. The summed E-state index contributed by atoms with van der Waals surface area (Å²) < 4.78 is 11.8. The fourth-order valence-corrected chi connectivity index (χ4v) is 3.42. The summed E-state index contributed by atoms with van der Waals surface area (Å²) in [5, 5.41) is 0. The van der Waals surface area contributed by atoms with E-state index < -0.39 is 0 Å². The van der Waals surface area contributed by atoms with Gasteiger partial charge >= 0.3 is 0 Å². The van der Waals surface area contributed by atoms with Crippen molar-refractivity contribution in [2.24, 2.45) is 9.98 Å². The minimum atomic E-state index is 0.621. The van der Waals surface area contributed by atoms with E-state index in [9.17, 15) is 0 Å². The number of amidine groups is 1. The standard InChI is InChI=1S/C21H28N6O2/c1-24(2)9-11-28-12-10-27-15-22-16(20-21(27)23-14-25(20)3)13-19-26(4)17-7-5-6-8-18(17)29-19/h5-8,13,15H,9-12,14H2,1-4H3/b19-13-. The molecule has 0 unspecified atom stereocenters. The van der Waals surface area contributed by atoms with Gasteiger partial charge in [-0.3, -0.25) is 0 Å². The molecule has 0 radical (unpaired) electrons. The number of likely N-dealkylation sites (N-methyl/N-ethyl adjacent to an activating group) is 2. The van der Waals surface area contributed by atoms with Crippen molar-refractivity contribution in [2.75, 3.05) is 66.1 Å². The normalized spacial score (nSPS) is 19.3. The molecule has 3 heterocycles. The molecule has 0 fully saturated rings. The van der Waals surface area contributed by atoms with Gasteiger partial charge in [0.2, 0.25) is 5.88 Å². The lowest BCUT2D eigenvalue weighted by atomic mass is 10.2. The zero-order chi connectivity index (χ0) is 20.4. The Balaban J connectivity index is 1.48. The van der Waals surface area contributed by atoms with E-state index in [-0.39, 0.29) is 0 Å². The van der Waals surface area contributed by atoms with Gasteiger partial charge < -0.3 is 29.1 Å². The highest BCUT2D eigenvalue weighted by Gasteiger charge is 2.31. The molecule has 3 aliphatic rings. The van der Waals surface area contributed by atoms with Crippen LogP contribution < -0.4 is 9.64 Å². The van der Waals surface area contributed by atoms with Gasteiger partial charge in [-0.05, 0) is 26.2 Å². The number of anilines is 1. The zero-order valence-corrected chi connectivity index (χ0v) is 17.5. The van der Waals surface area contributed by atoms with Crippen molar-refractivity contribution >= 4 is 17.9 Å². The van der Waals surface area contributed by atoms with E-state index in [1.807, 2.05) is 69.8 Å². The van der Waals surface area contributed by atoms with Crippen LogP contribution in [0.5, 0.6) is 5.75 Å². The highest BCUT2D eigenvalue weighted by Crippen LogP contribution is 2.38. The molecule has 29 heavy (non-hydrogen) atoms. The van der Waals surface area contributed by atoms with Gasteiger partial charge in [0.15, 0.2) is 11.6 Å². The van der Waals surface area contributed by atoms with E-state index in [0.717, 1.165) is 47.6 Å². The molecule has 8 nitrogen and oxygen atoms in total. The molecule has 4 rings (SSSR count). The number of allylic oxidation sites excluding steroid dienone is 1. The van der Waals surface area contributed by atoms with Gasteiger partial charge in [0, 0.05) is 33.3 Å². The number of nitrogens with zero attached hydrogens (tertiary/aromatic N) is 6. The lowest BCUT2D eigenvalue weighted by molar-refractivity contribution is 0.114. The summed E-state index contributed by atoms with van der Waals surface area (Å²) in [5.74, 6) is 2.55. The number of benzene rings is 1. The summed E-state index contributed by atoms with van der Waals surface area (Å²) in [6.07, 6.45) is 3.82. The molecule has 0 aromatic heterocycles. The van der Waals surface area contributed by atoms with Crippen molar-refractivity contribution in [3.8, 4) is 5.75 Å². The first-order valence-electron chi connectivity index (χ1n) is 9.80. The molecule has 0 bridgehead atoms. The number of rotatable bonds is 7. The second-order valence-corrected chi connectivity index (χ2v) is 7.52. The fourth-order valence-electron chi connectivity index (χ4n) is 3.42. The fraction of sp³-hybridized carbons (Fsp3) is 0.429. The Bertz CT molecular complexity index is 889. The third-order valence-electron chi connectivity index (χ3n) is 5.07. The molecule has 0 N–H and O–H groups in total. The average Bonchev–Trinajstić information content (AvgIpc) is 3.24. The second-order valence-electron chi connectivity index (χ2n) is 7.52. The maximum atomic E-state index is 6.03. The van der Waals surface area contributed by atoms with E-state index in [0.29, 0.717) is 19.9 Å². The summed E-state index contributed by atoms with van der Waals surface area (Å²) in [6, 6.07) is 8.01. The van der Waals surface area contributed by atoms with Crippen LogP contribution in [0.15, 0.2) is 57.6 Å². The van der Waals surface area contributed by atoms with Gasteiger partial charge in [-0.25, -0.2) is 9.98 Å². The smallest absolute Gasteiger partial charge is 0.202 e. The Morgan fingerprint density at radius 2 is 2.03 bits per heavy atom. The monoisotopic (exact) mass is 396 g/mol. The number of para-hydroxylation sites is 2. The highest BCUT2D eigenvalue weighted by atomic mass is 16.5. The zero-order valence-electron chi connectivity index (χ0n) is 17.5. The van der Waals surface area contributed by atoms with Gasteiger partial charge in [0.05, 0.1) is 30.9 Å². The quantitative estimate of drug-likeness (QED) is 0.655. The van der Waals surface area contributed by atoms with E-state index in [1.54, 1.807) is 0 Å². The van der Waals surface area contributed by atoms with Gasteiger partial charge in [-0.2, -0.15) is 0 Å². The first-order chi connectivity index (χ1) is 14.0. The van der Waals surface area contributed by atoms with Crippen LogP contribution in [0.1, 0.15) is 0 Å². The van der Waals surface area contributed by atoms with Crippen LogP contribution in [-0.2, 0) is 4.74 Å². The number of fused-ring (bicyclic) bond motifs is 2. The third-order valence-corrected chi connectivity index (χ3v) is 5.07. The van der Waals surface area contributed by atoms with E-state index in [4.69, 9.17) is 19.5 Å². The predicted molar refractivity (Wildman–Crippen MR) is 115 cm³/mol. The lowest BCUT2D eigenvalue weighted by Crippen LogP contribution is -2.38. The molecule has 0 spiro atoms. The number of aliphatic imine (C=N–C) groups is 2. The minimum absolute atomic E-state index is 0.621. The van der Waals surface area contributed by atoms with Crippen molar-refractivity contribution in [1.82, 2.24) is 14.7 Å². The largest absolute Gasteiger partial charge is 0.439 e. The lowest BCUT2D eigenvalue weighted by Gasteiger charge is -2.27. The maximum absolute atomic E-state index is 6.03. The van der Waals surface area contributed by atoms with Crippen LogP contribution in [0.3, 0.4) is 0 Å². The van der Waals surface area contributed by atoms with E-state index in [2.05, 4.69) is 14.7 Å². The molecule has 0 atom stereocenters. The Morgan fingerprint density at radius 3 is 2.83 bits per heavy atom. The van der Waals surface area contributed by atoms with Crippen molar-refractivity contribution in [1.29, 1.82) is 0 Å².